The molecule has 0 saturated heterocycles. The molecule has 1 aliphatic rings. The summed E-state index contributed by atoms with van der Waals surface area (Å²) in [6.07, 6.45) is 2.88. The highest BCUT2D eigenvalue weighted by atomic mass is 35.5. The van der Waals surface area contributed by atoms with E-state index in [9.17, 15) is 0 Å². The van der Waals surface area contributed by atoms with Gasteiger partial charge in [0.25, 0.3) is 0 Å². The van der Waals surface area contributed by atoms with Crippen molar-refractivity contribution in [3.8, 4) is 5.75 Å². The Balaban J connectivity index is 0.00000147. The number of aromatic nitrogens is 2. The molecule has 2 aromatic rings. The smallest absolute Gasteiger partial charge is 0.166 e. The van der Waals surface area contributed by atoms with E-state index in [-0.39, 0.29) is 12.4 Å². The first-order valence-corrected chi connectivity index (χ1v) is 6.56. The van der Waals surface area contributed by atoms with Gasteiger partial charge < -0.3 is 10.1 Å². The van der Waals surface area contributed by atoms with Crippen LogP contribution in [0.4, 0.5) is 0 Å². The minimum absolute atomic E-state index is 0. The van der Waals surface area contributed by atoms with E-state index < -0.39 is 0 Å². The average molecular weight is 292 g/mol. The van der Waals surface area contributed by atoms with Gasteiger partial charge in [0.15, 0.2) is 5.82 Å². The van der Waals surface area contributed by atoms with Gasteiger partial charge in [-0.2, -0.15) is 0 Å². The molecule has 5 heteroatoms. The lowest BCUT2D eigenvalue weighted by Crippen LogP contribution is -2.25. The van der Waals surface area contributed by atoms with E-state index in [1.807, 2.05) is 37.4 Å². The van der Waals surface area contributed by atoms with Crippen LogP contribution >= 0.6 is 12.4 Å². The van der Waals surface area contributed by atoms with E-state index in [1.54, 1.807) is 0 Å². The van der Waals surface area contributed by atoms with Crippen molar-refractivity contribution in [2.45, 2.75) is 26.5 Å². The molecule has 4 nitrogen and oxygen atoms in total. The third-order valence-electron chi connectivity index (χ3n) is 3.31. The molecule has 1 aromatic carbocycles. The number of nitrogens with one attached hydrogen (secondary N) is 1. The van der Waals surface area contributed by atoms with Gasteiger partial charge in [-0.25, -0.2) is 9.97 Å². The molecule has 1 aromatic heterocycles. The zero-order valence-electron chi connectivity index (χ0n) is 11.4. The minimum Gasteiger partial charge on any atom is -0.485 e. The van der Waals surface area contributed by atoms with Crippen LogP contribution in [0.2, 0.25) is 0 Å². The standard InChI is InChI=1S/C15H17N3O.ClH/c1-11-4-2-3-5-14(11)19-10-15-17-9-12-8-16-7-6-13(12)18-15;/h2-5,9,16H,6-8,10H2,1H3;1H. The molecule has 20 heavy (non-hydrogen) atoms. The Morgan fingerprint density at radius 2 is 2.15 bits per heavy atom. The van der Waals surface area contributed by atoms with Crippen LogP contribution in [-0.4, -0.2) is 16.5 Å². The van der Waals surface area contributed by atoms with Gasteiger partial charge in [-0.05, 0) is 18.6 Å². The van der Waals surface area contributed by atoms with E-state index in [0.29, 0.717) is 6.61 Å². The molecule has 0 aliphatic carbocycles. The maximum Gasteiger partial charge on any atom is 0.166 e. The van der Waals surface area contributed by atoms with E-state index in [4.69, 9.17) is 4.74 Å². The number of hydrogen-bond acceptors (Lipinski definition) is 4. The number of nitrogens with zero attached hydrogens (tertiary/aromatic N) is 2. The monoisotopic (exact) mass is 291 g/mol. The third-order valence-corrected chi connectivity index (χ3v) is 3.31. The van der Waals surface area contributed by atoms with Crippen molar-refractivity contribution < 1.29 is 4.74 Å². The molecule has 0 spiro atoms. The van der Waals surface area contributed by atoms with Crippen molar-refractivity contribution in [3.05, 3.63) is 53.1 Å². The second-order valence-electron chi connectivity index (χ2n) is 4.74. The summed E-state index contributed by atoms with van der Waals surface area (Å²) in [5, 5.41) is 3.31. The van der Waals surface area contributed by atoms with Gasteiger partial charge in [0.05, 0.1) is 0 Å². The first-order chi connectivity index (χ1) is 9.33. The topological polar surface area (TPSA) is 47.0 Å². The lowest BCUT2D eigenvalue weighted by Gasteiger charge is -2.16. The summed E-state index contributed by atoms with van der Waals surface area (Å²) in [4.78, 5) is 8.94. The minimum atomic E-state index is 0. The van der Waals surface area contributed by atoms with Gasteiger partial charge in [-0.3, -0.25) is 0 Å². The largest absolute Gasteiger partial charge is 0.485 e. The van der Waals surface area contributed by atoms with Crippen molar-refractivity contribution in [2.75, 3.05) is 6.54 Å². The first-order valence-electron chi connectivity index (χ1n) is 6.56. The zero-order chi connectivity index (χ0) is 13.1. The summed E-state index contributed by atoms with van der Waals surface area (Å²) < 4.78 is 5.77. The second-order valence-corrected chi connectivity index (χ2v) is 4.74. The number of rotatable bonds is 3. The first kappa shape index (κ1) is 14.8. The number of hydrogen-bond donors (Lipinski definition) is 1. The number of benzene rings is 1. The predicted molar refractivity (Wildman–Crippen MR) is 80.2 cm³/mol. The molecule has 0 amide bonds. The molecule has 106 valence electrons. The normalized spacial score (nSPS) is 13.2. The fourth-order valence-corrected chi connectivity index (χ4v) is 2.21. The van der Waals surface area contributed by atoms with Crippen LogP contribution in [0.1, 0.15) is 22.6 Å². The Kier molecular flexibility index (Phi) is 4.93. The summed E-state index contributed by atoms with van der Waals surface area (Å²) >= 11 is 0. The lowest BCUT2D eigenvalue weighted by atomic mass is 10.1. The Labute approximate surface area is 125 Å². The molecule has 0 saturated carbocycles. The van der Waals surface area contributed by atoms with Crippen LogP contribution in [-0.2, 0) is 19.6 Å². The molecule has 0 bridgehead atoms. The molecule has 0 fully saturated rings. The van der Waals surface area contributed by atoms with Crippen molar-refractivity contribution in [1.82, 2.24) is 15.3 Å². The Morgan fingerprint density at radius 3 is 3.00 bits per heavy atom. The highest BCUT2D eigenvalue weighted by Crippen LogP contribution is 2.17. The van der Waals surface area contributed by atoms with Gasteiger partial charge in [-0.15, -0.1) is 12.4 Å². The Morgan fingerprint density at radius 1 is 1.30 bits per heavy atom. The van der Waals surface area contributed by atoms with Crippen molar-refractivity contribution in [3.63, 3.8) is 0 Å². The maximum atomic E-state index is 5.77. The van der Waals surface area contributed by atoms with Crippen LogP contribution in [0.25, 0.3) is 0 Å². The highest BCUT2D eigenvalue weighted by Gasteiger charge is 2.11. The van der Waals surface area contributed by atoms with Crippen molar-refractivity contribution >= 4 is 12.4 Å². The fourth-order valence-electron chi connectivity index (χ4n) is 2.21. The number of para-hydroxylation sites is 1. The molecule has 0 radical (unpaired) electrons. The third kappa shape index (κ3) is 3.26. The second kappa shape index (κ2) is 6.68. The van der Waals surface area contributed by atoms with Gasteiger partial charge in [-0.1, -0.05) is 18.2 Å². The Hall–Kier alpha value is -1.65. The Bertz CT molecular complexity index is 589. The lowest BCUT2D eigenvalue weighted by molar-refractivity contribution is 0.293. The quantitative estimate of drug-likeness (QED) is 0.943. The predicted octanol–water partition coefficient (Wildman–Crippen LogP) is 2.43. The SMILES string of the molecule is Cc1ccccc1OCc1ncc2c(n1)CCNC2.Cl. The molecule has 0 unspecified atom stereocenters. The van der Waals surface area contributed by atoms with E-state index >= 15 is 0 Å². The van der Waals surface area contributed by atoms with Gasteiger partial charge >= 0.3 is 0 Å². The summed E-state index contributed by atoms with van der Waals surface area (Å²) in [5.74, 6) is 1.65. The summed E-state index contributed by atoms with van der Waals surface area (Å²) in [5.41, 5.74) is 3.48. The number of fused-ring (bicyclic) bond motifs is 1. The average Bonchev–Trinajstić information content (AvgIpc) is 2.46. The fraction of sp³-hybridized carbons (Fsp3) is 0.333. The molecule has 2 heterocycles. The molecule has 1 N–H and O–H groups in total. The molecule has 3 rings (SSSR count). The molecular weight excluding hydrogens is 274 g/mol. The molecular formula is C15H18ClN3O. The van der Waals surface area contributed by atoms with Crippen molar-refractivity contribution in [2.24, 2.45) is 0 Å². The van der Waals surface area contributed by atoms with Gasteiger partial charge in [0.1, 0.15) is 12.4 Å². The number of halogens is 1. The molecule has 1 aliphatic heterocycles. The van der Waals surface area contributed by atoms with Crippen LogP contribution in [0.5, 0.6) is 5.75 Å². The highest BCUT2D eigenvalue weighted by molar-refractivity contribution is 5.85. The number of aryl methyl sites for hydroxylation is 1. The van der Waals surface area contributed by atoms with E-state index in [2.05, 4.69) is 15.3 Å². The van der Waals surface area contributed by atoms with Crippen LogP contribution in [0, 0.1) is 6.92 Å². The summed E-state index contributed by atoms with van der Waals surface area (Å²) in [6.45, 7) is 4.32. The maximum absolute atomic E-state index is 5.77. The van der Waals surface area contributed by atoms with Gasteiger partial charge in [0, 0.05) is 37.0 Å². The molecule has 0 atom stereocenters. The van der Waals surface area contributed by atoms with Crippen molar-refractivity contribution in [1.29, 1.82) is 0 Å². The van der Waals surface area contributed by atoms with Crippen LogP contribution < -0.4 is 10.1 Å². The number of ether oxygens (including phenoxy) is 1. The van der Waals surface area contributed by atoms with E-state index in [1.165, 1.54) is 5.56 Å². The summed E-state index contributed by atoms with van der Waals surface area (Å²) in [6, 6.07) is 7.98. The van der Waals surface area contributed by atoms with Crippen LogP contribution in [0.3, 0.4) is 0 Å². The van der Waals surface area contributed by atoms with Crippen LogP contribution in [0.15, 0.2) is 30.5 Å². The van der Waals surface area contributed by atoms with Gasteiger partial charge in [0.2, 0.25) is 0 Å². The van der Waals surface area contributed by atoms with E-state index in [0.717, 1.165) is 42.3 Å². The zero-order valence-corrected chi connectivity index (χ0v) is 12.2. The summed E-state index contributed by atoms with van der Waals surface area (Å²) in [7, 11) is 0.